The number of carboxylic acids is 1. The Hall–Kier alpha value is -2.36. The molecule has 4 N–H and O–H groups in total. The first kappa shape index (κ1) is 22.8. The Morgan fingerprint density at radius 2 is 1.97 bits per heavy atom. The van der Waals surface area contributed by atoms with Gasteiger partial charge in [0.1, 0.15) is 5.82 Å². The van der Waals surface area contributed by atoms with Gasteiger partial charge in [0.05, 0.1) is 24.8 Å². The summed E-state index contributed by atoms with van der Waals surface area (Å²) in [6, 6.07) is 5.18. The van der Waals surface area contributed by atoms with Crippen LogP contribution < -0.4 is 5.32 Å². The second-order valence-corrected chi connectivity index (χ2v) is 10.5. The molecule has 0 aliphatic heterocycles. The van der Waals surface area contributed by atoms with Crippen LogP contribution in [-0.4, -0.2) is 44.9 Å². The maximum absolute atomic E-state index is 13.2. The average molecular weight is 463 g/mol. The van der Waals surface area contributed by atoms with Gasteiger partial charge in [-0.25, -0.2) is 9.37 Å². The molecule has 1 saturated carbocycles. The van der Waals surface area contributed by atoms with Crippen LogP contribution in [-0.2, 0) is 11.2 Å². The molecule has 2 aliphatic carbocycles. The molecule has 0 unspecified atom stereocenters. The van der Waals surface area contributed by atoms with Crippen LogP contribution >= 0.6 is 11.3 Å². The van der Waals surface area contributed by atoms with Crippen LogP contribution in [0.4, 0.5) is 9.52 Å². The highest BCUT2D eigenvalue weighted by Gasteiger charge is 2.59. The zero-order valence-electron chi connectivity index (χ0n) is 18.0. The number of carbonyl (C=O) groups is 2. The van der Waals surface area contributed by atoms with Gasteiger partial charge in [0.15, 0.2) is 5.13 Å². The number of anilines is 1. The third-order valence-electron chi connectivity index (χ3n) is 7.60. The van der Waals surface area contributed by atoms with Crippen molar-refractivity contribution in [3.8, 4) is 0 Å². The van der Waals surface area contributed by atoms with Gasteiger partial charge >= 0.3 is 5.97 Å². The number of nitrogens with one attached hydrogen (secondary N) is 1. The molecule has 0 saturated heterocycles. The standard InChI is InChI=1S/C23H27FN2O5S/c1-22-8-7-17(28)23(2,11-27)16(22)10-15-19(14(22)9-18(29)30)25-21(32-15)26-20(31)12-3-5-13(24)6-4-12/h3-6,14,16-17,27-28H,7-11H2,1-2H3,(H,29,30)(H,25,26,31)/t14-,16+,17-,22+,23+/m1/s1. The van der Waals surface area contributed by atoms with E-state index in [4.69, 9.17) is 0 Å². The predicted molar refractivity (Wildman–Crippen MR) is 117 cm³/mol. The van der Waals surface area contributed by atoms with Crippen molar-refractivity contribution in [2.75, 3.05) is 11.9 Å². The smallest absolute Gasteiger partial charge is 0.304 e. The van der Waals surface area contributed by atoms with E-state index in [2.05, 4.69) is 10.3 Å². The Balaban J connectivity index is 1.71. The third-order valence-corrected chi connectivity index (χ3v) is 8.61. The number of aromatic nitrogens is 1. The van der Waals surface area contributed by atoms with Crippen molar-refractivity contribution in [2.45, 2.75) is 51.6 Å². The molecule has 0 spiro atoms. The lowest BCUT2D eigenvalue weighted by Crippen LogP contribution is -2.57. The maximum Gasteiger partial charge on any atom is 0.304 e. The molecule has 172 valence electrons. The van der Waals surface area contributed by atoms with E-state index >= 15 is 0 Å². The van der Waals surface area contributed by atoms with E-state index in [-0.39, 0.29) is 18.9 Å². The van der Waals surface area contributed by atoms with E-state index in [0.29, 0.717) is 35.7 Å². The van der Waals surface area contributed by atoms with Gasteiger partial charge in [-0.05, 0) is 54.9 Å². The van der Waals surface area contributed by atoms with Crippen molar-refractivity contribution < 1.29 is 29.3 Å². The number of aliphatic hydroxyl groups is 2. The molecule has 0 bridgehead atoms. The monoisotopic (exact) mass is 462 g/mol. The second-order valence-electron chi connectivity index (χ2n) is 9.42. The number of thiazole rings is 1. The average Bonchev–Trinajstić information content (AvgIpc) is 3.15. The molecule has 1 aromatic heterocycles. The second kappa shape index (κ2) is 8.20. The first-order chi connectivity index (χ1) is 15.1. The minimum Gasteiger partial charge on any atom is -0.481 e. The Kier molecular flexibility index (Phi) is 5.85. The van der Waals surface area contributed by atoms with Gasteiger partial charge < -0.3 is 15.3 Å². The topological polar surface area (TPSA) is 120 Å². The molecule has 1 aromatic carbocycles. The molecule has 32 heavy (non-hydrogen) atoms. The van der Waals surface area contributed by atoms with Gasteiger partial charge in [0.25, 0.3) is 5.91 Å². The van der Waals surface area contributed by atoms with Crippen molar-refractivity contribution in [1.29, 1.82) is 0 Å². The predicted octanol–water partition coefficient (Wildman–Crippen LogP) is 3.42. The SMILES string of the molecule is C[C@]1(CO)[C@H]2Cc3sc(NC(=O)c4ccc(F)cc4)nc3[C@@H](CC(=O)O)[C@]2(C)CC[C@H]1O. The zero-order valence-corrected chi connectivity index (χ0v) is 18.8. The molecule has 2 aromatic rings. The molecular weight excluding hydrogens is 435 g/mol. The Labute approximate surface area is 189 Å². The normalized spacial score (nSPS) is 31.5. The largest absolute Gasteiger partial charge is 0.481 e. The van der Waals surface area contributed by atoms with Crippen LogP contribution in [0.3, 0.4) is 0 Å². The Bertz CT molecular complexity index is 1040. The van der Waals surface area contributed by atoms with Crippen molar-refractivity contribution >= 4 is 28.3 Å². The molecule has 4 rings (SSSR count). The fourth-order valence-electron chi connectivity index (χ4n) is 5.64. The third kappa shape index (κ3) is 3.72. The summed E-state index contributed by atoms with van der Waals surface area (Å²) in [4.78, 5) is 29.8. The fourth-order valence-corrected chi connectivity index (χ4v) is 6.71. The molecule has 1 fully saturated rings. The van der Waals surface area contributed by atoms with E-state index in [0.717, 1.165) is 4.88 Å². The fraction of sp³-hybridized carbons (Fsp3) is 0.522. The van der Waals surface area contributed by atoms with Crippen molar-refractivity contribution in [2.24, 2.45) is 16.7 Å². The minimum absolute atomic E-state index is 0.118. The Morgan fingerprint density at radius 1 is 1.28 bits per heavy atom. The Morgan fingerprint density at radius 3 is 2.59 bits per heavy atom. The number of hydrogen-bond acceptors (Lipinski definition) is 6. The van der Waals surface area contributed by atoms with Crippen LogP contribution in [0.5, 0.6) is 0 Å². The zero-order chi connectivity index (χ0) is 23.3. The molecule has 9 heteroatoms. The summed E-state index contributed by atoms with van der Waals surface area (Å²) >= 11 is 1.29. The highest BCUT2D eigenvalue weighted by Crippen LogP contribution is 2.62. The van der Waals surface area contributed by atoms with Crippen LogP contribution in [0.15, 0.2) is 24.3 Å². The van der Waals surface area contributed by atoms with E-state index in [1.165, 1.54) is 35.6 Å². The first-order valence-corrected chi connectivity index (χ1v) is 11.5. The summed E-state index contributed by atoms with van der Waals surface area (Å²) < 4.78 is 13.2. The molecule has 1 heterocycles. The van der Waals surface area contributed by atoms with Crippen LogP contribution in [0.1, 0.15) is 60.0 Å². The summed E-state index contributed by atoms with van der Waals surface area (Å²) in [6.07, 6.45) is 0.851. The number of amides is 1. The lowest BCUT2D eigenvalue weighted by molar-refractivity contribution is -0.150. The number of halogens is 1. The highest BCUT2D eigenvalue weighted by atomic mass is 32.1. The van der Waals surface area contributed by atoms with Crippen molar-refractivity contribution in [1.82, 2.24) is 4.98 Å². The van der Waals surface area contributed by atoms with E-state index in [1.54, 1.807) is 0 Å². The number of benzene rings is 1. The van der Waals surface area contributed by atoms with Gasteiger partial charge in [-0.3, -0.25) is 14.9 Å². The van der Waals surface area contributed by atoms with E-state index in [9.17, 15) is 29.3 Å². The summed E-state index contributed by atoms with van der Waals surface area (Å²) in [5, 5.41) is 33.6. The van der Waals surface area contributed by atoms with Gasteiger partial charge in [0.2, 0.25) is 0 Å². The van der Waals surface area contributed by atoms with Crippen LogP contribution in [0.25, 0.3) is 0 Å². The quantitative estimate of drug-likeness (QED) is 0.541. The lowest BCUT2D eigenvalue weighted by atomic mass is 9.47. The number of hydrogen-bond donors (Lipinski definition) is 4. The van der Waals surface area contributed by atoms with Crippen molar-refractivity contribution in [3.05, 3.63) is 46.2 Å². The first-order valence-electron chi connectivity index (χ1n) is 10.7. The molecule has 2 aliphatic rings. The summed E-state index contributed by atoms with van der Waals surface area (Å²) in [6.45, 7) is 3.70. The van der Waals surface area contributed by atoms with E-state index < -0.39 is 40.5 Å². The van der Waals surface area contributed by atoms with Crippen LogP contribution in [0, 0.1) is 22.6 Å². The van der Waals surface area contributed by atoms with Crippen LogP contribution in [0.2, 0.25) is 0 Å². The number of carbonyl (C=O) groups excluding carboxylic acids is 1. The minimum atomic E-state index is -0.940. The lowest BCUT2D eigenvalue weighted by Gasteiger charge is -2.58. The molecular formula is C23H27FN2O5S. The number of nitrogens with zero attached hydrogens (tertiary/aromatic N) is 1. The summed E-state index contributed by atoms with van der Waals surface area (Å²) in [5.74, 6) is -2.34. The maximum atomic E-state index is 13.2. The summed E-state index contributed by atoms with van der Waals surface area (Å²) in [7, 11) is 0. The van der Waals surface area contributed by atoms with Crippen molar-refractivity contribution in [3.63, 3.8) is 0 Å². The molecule has 7 nitrogen and oxygen atoms in total. The van der Waals surface area contributed by atoms with Gasteiger partial charge in [-0.1, -0.05) is 13.8 Å². The number of aliphatic hydroxyl groups excluding tert-OH is 2. The van der Waals surface area contributed by atoms with Gasteiger partial charge in [-0.2, -0.15) is 0 Å². The molecule has 5 atom stereocenters. The number of aliphatic carboxylic acids is 1. The van der Waals surface area contributed by atoms with E-state index in [1.807, 2.05) is 13.8 Å². The highest BCUT2D eigenvalue weighted by molar-refractivity contribution is 7.15. The van der Waals surface area contributed by atoms with Gasteiger partial charge in [0, 0.05) is 21.8 Å². The molecule has 0 radical (unpaired) electrons. The number of fused-ring (bicyclic) bond motifs is 2. The number of rotatable bonds is 5. The summed E-state index contributed by atoms with van der Waals surface area (Å²) in [5.41, 5.74) is -0.266. The molecule has 1 amide bonds. The number of carboxylic acid groups (broad SMARTS) is 1. The van der Waals surface area contributed by atoms with Gasteiger partial charge in [-0.15, -0.1) is 11.3 Å².